The van der Waals surface area contributed by atoms with Gasteiger partial charge in [-0.25, -0.2) is 13.4 Å². The molecule has 1 N–H and O–H groups in total. The number of anilines is 1. The fraction of sp³-hybridized carbons (Fsp3) is 0.364. The van der Waals surface area contributed by atoms with Crippen LogP contribution in [0, 0.1) is 13.8 Å². The number of sulfonamides is 1. The SMILES string of the molecule is Cc1ccc(S(=O)(=O)N2CCCCC2CC(=O)Nc2nc3c(C)cccc3s2)cc1. The number of hydrogen-bond acceptors (Lipinski definition) is 5. The number of thiazole rings is 1. The van der Waals surface area contributed by atoms with Crippen molar-refractivity contribution in [3.63, 3.8) is 0 Å². The first kappa shape index (κ1) is 21.0. The lowest BCUT2D eigenvalue weighted by Gasteiger charge is -2.34. The number of nitrogens with zero attached hydrogens (tertiary/aromatic N) is 2. The van der Waals surface area contributed by atoms with Crippen molar-refractivity contribution >= 4 is 42.6 Å². The number of para-hydroxylation sites is 1. The van der Waals surface area contributed by atoms with Crippen molar-refractivity contribution in [1.29, 1.82) is 0 Å². The minimum Gasteiger partial charge on any atom is -0.302 e. The molecule has 1 aliphatic rings. The Kier molecular flexibility index (Phi) is 5.90. The fourth-order valence-corrected chi connectivity index (χ4v) is 6.52. The second-order valence-electron chi connectivity index (χ2n) is 7.77. The van der Waals surface area contributed by atoms with Crippen LogP contribution >= 0.6 is 11.3 Å². The molecule has 3 aromatic rings. The van der Waals surface area contributed by atoms with Gasteiger partial charge in [0.15, 0.2) is 5.13 Å². The first-order chi connectivity index (χ1) is 14.3. The molecule has 1 aliphatic heterocycles. The Morgan fingerprint density at radius 3 is 2.67 bits per heavy atom. The normalized spacial score (nSPS) is 17.9. The summed E-state index contributed by atoms with van der Waals surface area (Å²) in [6.45, 7) is 4.35. The van der Waals surface area contributed by atoms with E-state index in [0.29, 0.717) is 18.1 Å². The average molecular weight is 444 g/mol. The zero-order valence-corrected chi connectivity index (χ0v) is 18.7. The molecule has 1 aromatic heterocycles. The lowest BCUT2D eigenvalue weighted by molar-refractivity contribution is -0.117. The molecule has 0 spiro atoms. The van der Waals surface area contributed by atoms with Gasteiger partial charge >= 0.3 is 0 Å². The van der Waals surface area contributed by atoms with Gasteiger partial charge in [-0.2, -0.15) is 4.31 Å². The van der Waals surface area contributed by atoms with E-state index in [9.17, 15) is 13.2 Å². The lowest BCUT2D eigenvalue weighted by Crippen LogP contribution is -2.45. The Balaban J connectivity index is 1.50. The van der Waals surface area contributed by atoms with Gasteiger partial charge in [-0.05, 0) is 50.5 Å². The van der Waals surface area contributed by atoms with Gasteiger partial charge in [-0.3, -0.25) is 4.79 Å². The fourth-order valence-electron chi connectivity index (χ4n) is 3.86. The third-order valence-electron chi connectivity index (χ3n) is 5.49. The topological polar surface area (TPSA) is 79.4 Å². The van der Waals surface area contributed by atoms with Crippen LogP contribution in [0.3, 0.4) is 0 Å². The molecule has 1 atom stereocenters. The van der Waals surface area contributed by atoms with Gasteiger partial charge in [0, 0.05) is 19.0 Å². The molecule has 2 aromatic carbocycles. The highest BCUT2D eigenvalue weighted by Gasteiger charge is 2.34. The average Bonchev–Trinajstić information content (AvgIpc) is 3.12. The summed E-state index contributed by atoms with van der Waals surface area (Å²) in [6, 6.07) is 12.5. The van der Waals surface area contributed by atoms with Crippen molar-refractivity contribution in [3.05, 3.63) is 53.6 Å². The number of benzene rings is 2. The van der Waals surface area contributed by atoms with Crippen LogP contribution in [0.15, 0.2) is 47.4 Å². The molecular weight excluding hydrogens is 418 g/mol. The highest BCUT2D eigenvalue weighted by molar-refractivity contribution is 7.89. The zero-order valence-electron chi connectivity index (χ0n) is 17.1. The minimum atomic E-state index is -3.63. The number of aromatic nitrogens is 1. The molecule has 2 heterocycles. The van der Waals surface area contributed by atoms with Crippen LogP contribution < -0.4 is 5.32 Å². The Hall–Kier alpha value is -2.29. The maximum Gasteiger partial charge on any atom is 0.243 e. The van der Waals surface area contributed by atoms with Crippen LogP contribution in [0.1, 0.15) is 36.8 Å². The number of piperidine rings is 1. The Morgan fingerprint density at radius 1 is 1.17 bits per heavy atom. The molecule has 1 unspecified atom stereocenters. The van der Waals surface area contributed by atoms with E-state index in [-0.39, 0.29) is 23.3 Å². The summed E-state index contributed by atoms with van der Waals surface area (Å²) in [5.74, 6) is -0.206. The van der Waals surface area contributed by atoms with Gasteiger partial charge in [-0.1, -0.05) is 47.6 Å². The van der Waals surface area contributed by atoms with Gasteiger partial charge in [0.2, 0.25) is 15.9 Å². The third kappa shape index (κ3) is 4.26. The monoisotopic (exact) mass is 443 g/mol. The largest absolute Gasteiger partial charge is 0.302 e. The van der Waals surface area contributed by atoms with Crippen molar-refractivity contribution in [2.45, 2.75) is 50.5 Å². The molecule has 4 rings (SSSR count). The Labute approximate surface area is 181 Å². The van der Waals surface area contributed by atoms with Crippen molar-refractivity contribution < 1.29 is 13.2 Å². The van der Waals surface area contributed by atoms with Crippen molar-refractivity contribution in [3.8, 4) is 0 Å². The second kappa shape index (κ2) is 8.45. The zero-order chi connectivity index (χ0) is 21.3. The maximum atomic E-state index is 13.2. The second-order valence-corrected chi connectivity index (χ2v) is 10.7. The van der Waals surface area contributed by atoms with E-state index < -0.39 is 10.0 Å². The molecule has 1 saturated heterocycles. The molecular formula is C22H25N3O3S2. The minimum absolute atomic E-state index is 0.125. The summed E-state index contributed by atoms with van der Waals surface area (Å²) < 4.78 is 28.9. The quantitative estimate of drug-likeness (QED) is 0.630. The molecule has 0 radical (unpaired) electrons. The number of amides is 1. The summed E-state index contributed by atoms with van der Waals surface area (Å²) in [7, 11) is -3.63. The number of carbonyl (C=O) groups excluding carboxylic acids is 1. The summed E-state index contributed by atoms with van der Waals surface area (Å²) in [4.78, 5) is 17.5. The summed E-state index contributed by atoms with van der Waals surface area (Å²) in [5, 5.41) is 3.42. The Bertz CT molecular complexity index is 1170. The molecule has 6 nitrogen and oxygen atoms in total. The van der Waals surface area contributed by atoms with Gasteiger partial charge in [0.05, 0.1) is 15.1 Å². The first-order valence-electron chi connectivity index (χ1n) is 10.1. The van der Waals surface area contributed by atoms with Gasteiger partial charge in [-0.15, -0.1) is 0 Å². The number of rotatable bonds is 5. The molecule has 0 saturated carbocycles. The van der Waals surface area contributed by atoms with E-state index in [1.807, 2.05) is 32.0 Å². The lowest BCUT2D eigenvalue weighted by atomic mass is 10.0. The number of fused-ring (bicyclic) bond motifs is 1. The highest BCUT2D eigenvalue weighted by atomic mass is 32.2. The smallest absolute Gasteiger partial charge is 0.243 e. The van der Waals surface area contributed by atoms with E-state index in [1.54, 1.807) is 24.3 Å². The Morgan fingerprint density at radius 2 is 1.93 bits per heavy atom. The van der Waals surface area contributed by atoms with Crippen LogP contribution in [-0.4, -0.2) is 36.2 Å². The van der Waals surface area contributed by atoms with E-state index in [2.05, 4.69) is 10.3 Å². The molecule has 0 bridgehead atoms. The molecule has 30 heavy (non-hydrogen) atoms. The maximum absolute atomic E-state index is 13.2. The first-order valence-corrected chi connectivity index (χ1v) is 12.3. The van der Waals surface area contributed by atoms with E-state index >= 15 is 0 Å². The van der Waals surface area contributed by atoms with Crippen LogP contribution in [0.2, 0.25) is 0 Å². The number of nitrogens with one attached hydrogen (secondary N) is 1. The van der Waals surface area contributed by atoms with Gasteiger partial charge in [0.25, 0.3) is 0 Å². The van der Waals surface area contributed by atoms with Crippen LogP contribution in [0.5, 0.6) is 0 Å². The molecule has 1 amide bonds. The van der Waals surface area contributed by atoms with Crippen molar-refractivity contribution in [1.82, 2.24) is 9.29 Å². The van der Waals surface area contributed by atoms with Gasteiger partial charge < -0.3 is 5.32 Å². The van der Waals surface area contributed by atoms with Crippen molar-refractivity contribution in [2.24, 2.45) is 0 Å². The molecule has 0 aliphatic carbocycles. The van der Waals surface area contributed by atoms with Crippen LogP contribution in [-0.2, 0) is 14.8 Å². The van der Waals surface area contributed by atoms with E-state index in [4.69, 9.17) is 0 Å². The molecule has 8 heteroatoms. The predicted octanol–water partition coefficient (Wildman–Crippen LogP) is 4.49. The number of hydrogen-bond donors (Lipinski definition) is 1. The standard InChI is InChI=1S/C22H25N3O3S2/c1-15-9-11-18(12-10-15)30(27,28)25-13-4-3-7-17(25)14-20(26)23-22-24-21-16(2)6-5-8-19(21)29-22/h5-6,8-12,17H,3-4,7,13-14H2,1-2H3,(H,23,24,26). The molecule has 158 valence electrons. The number of aryl methyl sites for hydroxylation is 2. The van der Waals surface area contributed by atoms with Crippen LogP contribution in [0.4, 0.5) is 5.13 Å². The van der Waals surface area contributed by atoms with Crippen molar-refractivity contribution in [2.75, 3.05) is 11.9 Å². The predicted molar refractivity (Wildman–Crippen MR) is 120 cm³/mol. The molecule has 1 fully saturated rings. The number of carbonyl (C=O) groups is 1. The van der Waals surface area contributed by atoms with Gasteiger partial charge in [0.1, 0.15) is 0 Å². The summed E-state index contributed by atoms with van der Waals surface area (Å²) in [5.41, 5.74) is 2.96. The summed E-state index contributed by atoms with van der Waals surface area (Å²) in [6.07, 6.45) is 2.52. The van der Waals surface area contributed by atoms with E-state index in [1.165, 1.54) is 15.6 Å². The highest BCUT2D eigenvalue weighted by Crippen LogP contribution is 2.30. The van der Waals surface area contributed by atoms with Crippen LogP contribution in [0.25, 0.3) is 10.2 Å². The third-order valence-corrected chi connectivity index (χ3v) is 8.39. The van der Waals surface area contributed by atoms with E-state index in [0.717, 1.165) is 34.2 Å². The summed E-state index contributed by atoms with van der Waals surface area (Å²) >= 11 is 1.43.